The van der Waals surface area contributed by atoms with Gasteiger partial charge in [-0.15, -0.1) is 0 Å². The van der Waals surface area contributed by atoms with Crippen LogP contribution in [-0.4, -0.2) is 43.1 Å². The molecule has 0 aromatic heterocycles. The number of hydrogen-bond acceptors (Lipinski definition) is 3. The maximum absolute atomic E-state index is 11.7. The Morgan fingerprint density at radius 2 is 2.06 bits per heavy atom. The zero-order valence-corrected chi connectivity index (χ0v) is 11.7. The minimum Gasteiger partial charge on any atom is -0.392 e. The van der Waals surface area contributed by atoms with Crippen LogP contribution in [0.1, 0.15) is 12.5 Å². The first kappa shape index (κ1) is 14.8. The number of anilines is 1. The molecule has 100 valence electrons. The fourth-order valence-corrected chi connectivity index (χ4v) is 1.86. The molecule has 4 nitrogen and oxygen atoms in total. The van der Waals surface area contributed by atoms with Crippen LogP contribution in [0, 0.1) is 0 Å². The summed E-state index contributed by atoms with van der Waals surface area (Å²) in [7, 11) is 3.45. The number of aliphatic hydroxyl groups is 1. The topological polar surface area (TPSA) is 43.8 Å². The van der Waals surface area contributed by atoms with E-state index in [-0.39, 0.29) is 19.1 Å². The van der Waals surface area contributed by atoms with Gasteiger partial charge in [-0.2, -0.15) is 0 Å². The van der Waals surface area contributed by atoms with Crippen LogP contribution in [0.2, 0.25) is 5.02 Å². The van der Waals surface area contributed by atoms with Crippen LogP contribution in [0.5, 0.6) is 0 Å². The van der Waals surface area contributed by atoms with Gasteiger partial charge in [-0.25, -0.2) is 0 Å². The van der Waals surface area contributed by atoms with Crippen LogP contribution in [0.3, 0.4) is 0 Å². The fraction of sp³-hybridized carbons (Fsp3) is 0.462. The number of amides is 1. The minimum absolute atomic E-state index is 0.0238. The molecule has 1 aromatic rings. The number of aliphatic hydroxyl groups excluding tert-OH is 1. The molecule has 0 fully saturated rings. The van der Waals surface area contributed by atoms with E-state index in [2.05, 4.69) is 0 Å². The molecule has 0 spiro atoms. The number of hydrogen-bond donors (Lipinski definition) is 1. The van der Waals surface area contributed by atoms with Crippen molar-refractivity contribution < 1.29 is 9.90 Å². The van der Waals surface area contributed by atoms with Crippen LogP contribution in [-0.2, 0) is 11.4 Å². The first-order chi connectivity index (χ1) is 8.49. The van der Waals surface area contributed by atoms with Gasteiger partial charge < -0.3 is 14.9 Å². The molecule has 18 heavy (non-hydrogen) atoms. The van der Waals surface area contributed by atoms with Gasteiger partial charge in [0.05, 0.1) is 13.2 Å². The highest BCUT2D eigenvalue weighted by atomic mass is 35.5. The number of benzene rings is 1. The number of carbonyl (C=O) groups is 1. The van der Waals surface area contributed by atoms with Crippen LogP contribution >= 0.6 is 11.6 Å². The van der Waals surface area contributed by atoms with E-state index in [1.165, 1.54) is 0 Å². The van der Waals surface area contributed by atoms with Gasteiger partial charge in [0.15, 0.2) is 0 Å². The number of rotatable bonds is 5. The van der Waals surface area contributed by atoms with E-state index in [0.29, 0.717) is 11.6 Å². The van der Waals surface area contributed by atoms with E-state index in [9.17, 15) is 9.90 Å². The van der Waals surface area contributed by atoms with Crippen LogP contribution < -0.4 is 4.90 Å². The predicted octanol–water partition coefficient (Wildman–Crippen LogP) is 1.75. The molecule has 0 unspecified atom stereocenters. The van der Waals surface area contributed by atoms with Crippen molar-refractivity contribution in [2.45, 2.75) is 13.5 Å². The van der Waals surface area contributed by atoms with Crippen molar-refractivity contribution in [1.29, 1.82) is 0 Å². The fourth-order valence-electron chi connectivity index (χ4n) is 1.66. The highest BCUT2D eigenvalue weighted by molar-refractivity contribution is 6.30. The molecular weight excluding hydrogens is 252 g/mol. The molecule has 0 aliphatic carbocycles. The summed E-state index contributed by atoms with van der Waals surface area (Å²) < 4.78 is 0. The molecule has 1 aromatic carbocycles. The van der Waals surface area contributed by atoms with Crippen molar-refractivity contribution in [2.75, 3.05) is 32.1 Å². The van der Waals surface area contributed by atoms with Crippen molar-refractivity contribution >= 4 is 23.2 Å². The Morgan fingerprint density at radius 1 is 1.39 bits per heavy atom. The summed E-state index contributed by atoms with van der Waals surface area (Å²) in [6.07, 6.45) is 0. The van der Waals surface area contributed by atoms with Crippen molar-refractivity contribution in [3.63, 3.8) is 0 Å². The average molecular weight is 271 g/mol. The lowest BCUT2D eigenvalue weighted by Crippen LogP contribution is -2.37. The van der Waals surface area contributed by atoms with Gasteiger partial charge in [-0.05, 0) is 25.1 Å². The quantitative estimate of drug-likeness (QED) is 0.887. The van der Waals surface area contributed by atoms with Crippen LogP contribution in [0.15, 0.2) is 18.2 Å². The second kappa shape index (κ2) is 6.61. The van der Waals surface area contributed by atoms with E-state index in [1.807, 2.05) is 17.9 Å². The average Bonchev–Trinajstić information content (AvgIpc) is 2.35. The SMILES string of the molecule is CCN(CC(=O)N(C)C)c1ccc(Cl)cc1CO. The highest BCUT2D eigenvalue weighted by Gasteiger charge is 2.14. The summed E-state index contributed by atoms with van der Waals surface area (Å²) in [6, 6.07) is 5.32. The Hall–Kier alpha value is -1.26. The second-order valence-corrected chi connectivity index (χ2v) is 4.67. The number of likely N-dealkylation sites (N-methyl/N-ethyl adjacent to an activating group) is 2. The van der Waals surface area contributed by atoms with Gasteiger partial charge in [0, 0.05) is 36.9 Å². The van der Waals surface area contributed by atoms with Gasteiger partial charge in [0.25, 0.3) is 0 Å². The van der Waals surface area contributed by atoms with Crippen LogP contribution in [0.25, 0.3) is 0 Å². The molecule has 5 heteroatoms. The van der Waals surface area contributed by atoms with E-state index in [0.717, 1.165) is 11.3 Å². The third-order valence-corrected chi connectivity index (χ3v) is 2.99. The van der Waals surface area contributed by atoms with E-state index < -0.39 is 0 Å². The molecule has 1 rings (SSSR count). The van der Waals surface area contributed by atoms with E-state index >= 15 is 0 Å². The van der Waals surface area contributed by atoms with Gasteiger partial charge in [-0.3, -0.25) is 4.79 Å². The Morgan fingerprint density at radius 3 is 2.56 bits per heavy atom. The summed E-state index contributed by atoms with van der Waals surface area (Å²) in [5, 5.41) is 9.93. The van der Waals surface area contributed by atoms with Gasteiger partial charge in [0.1, 0.15) is 0 Å². The Balaban J connectivity index is 2.98. The standard InChI is InChI=1S/C13H19ClN2O2/c1-4-16(8-13(18)15(2)3)12-6-5-11(14)7-10(12)9-17/h5-7,17H,4,8-9H2,1-3H3. The summed E-state index contributed by atoms with van der Waals surface area (Å²) >= 11 is 5.89. The van der Waals surface area contributed by atoms with E-state index in [1.54, 1.807) is 31.1 Å². The van der Waals surface area contributed by atoms with Crippen molar-refractivity contribution in [1.82, 2.24) is 4.90 Å². The van der Waals surface area contributed by atoms with Crippen molar-refractivity contribution in [2.24, 2.45) is 0 Å². The molecule has 0 atom stereocenters. The summed E-state index contributed by atoms with van der Waals surface area (Å²) in [5.74, 6) is 0.0238. The monoisotopic (exact) mass is 270 g/mol. The molecule has 1 amide bonds. The largest absolute Gasteiger partial charge is 0.392 e. The van der Waals surface area contributed by atoms with Gasteiger partial charge >= 0.3 is 0 Å². The first-order valence-electron chi connectivity index (χ1n) is 5.84. The Bertz CT molecular complexity index is 421. The number of halogens is 1. The second-order valence-electron chi connectivity index (χ2n) is 4.23. The molecule has 0 heterocycles. The lowest BCUT2D eigenvalue weighted by Gasteiger charge is -2.26. The summed E-state index contributed by atoms with van der Waals surface area (Å²) in [6.45, 7) is 2.85. The maximum atomic E-state index is 11.7. The van der Waals surface area contributed by atoms with Gasteiger partial charge in [0.2, 0.25) is 5.91 Å². The molecule has 0 saturated heterocycles. The molecule has 0 saturated carbocycles. The third kappa shape index (κ3) is 3.62. The van der Waals surface area contributed by atoms with E-state index in [4.69, 9.17) is 11.6 Å². The van der Waals surface area contributed by atoms with Crippen molar-refractivity contribution in [3.8, 4) is 0 Å². The number of nitrogens with zero attached hydrogens (tertiary/aromatic N) is 2. The third-order valence-electron chi connectivity index (χ3n) is 2.76. The van der Waals surface area contributed by atoms with Crippen LogP contribution in [0.4, 0.5) is 5.69 Å². The predicted molar refractivity (Wildman–Crippen MR) is 74.0 cm³/mol. The lowest BCUT2D eigenvalue weighted by molar-refractivity contribution is -0.127. The van der Waals surface area contributed by atoms with Gasteiger partial charge in [-0.1, -0.05) is 11.6 Å². The van der Waals surface area contributed by atoms with Crippen molar-refractivity contribution in [3.05, 3.63) is 28.8 Å². The zero-order valence-electron chi connectivity index (χ0n) is 11.0. The lowest BCUT2D eigenvalue weighted by atomic mass is 10.1. The molecule has 0 bridgehead atoms. The molecular formula is C13H19ClN2O2. The summed E-state index contributed by atoms with van der Waals surface area (Å²) in [4.78, 5) is 15.2. The molecule has 1 N–H and O–H groups in total. The first-order valence-corrected chi connectivity index (χ1v) is 6.21. The number of carbonyl (C=O) groups excluding carboxylic acids is 1. The summed E-state index contributed by atoms with van der Waals surface area (Å²) in [5.41, 5.74) is 1.58. The smallest absolute Gasteiger partial charge is 0.241 e. The maximum Gasteiger partial charge on any atom is 0.241 e. The Labute approximate surface area is 113 Å². The minimum atomic E-state index is -0.0947. The Kier molecular flexibility index (Phi) is 5.44. The molecule has 0 radical (unpaired) electrons. The molecule has 0 aliphatic rings. The molecule has 0 aliphatic heterocycles. The highest BCUT2D eigenvalue weighted by Crippen LogP contribution is 2.24. The zero-order chi connectivity index (χ0) is 13.7. The normalized spacial score (nSPS) is 10.3.